The fourth-order valence-corrected chi connectivity index (χ4v) is 1.51. The molecular weight excluding hydrogens is 224 g/mol. The second-order valence-corrected chi connectivity index (χ2v) is 3.78. The van der Waals surface area contributed by atoms with Crippen LogP contribution in [-0.2, 0) is 11.3 Å². The molecule has 0 heterocycles. The van der Waals surface area contributed by atoms with E-state index in [0.717, 1.165) is 11.1 Å². The van der Waals surface area contributed by atoms with Gasteiger partial charge in [-0.3, -0.25) is 0 Å². The lowest BCUT2D eigenvalue weighted by atomic mass is 10.1. The first-order valence-electron chi connectivity index (χ1n) is 5.57. The third-order valence-corrected chi connectivity index (χ3v) is 2.50. The van der Waals surface area contributed by atoms with E-state index in [-0.39, 0.29) is 12.6 Å². The second-order valence-electron chi connectivity index (χ2n) is 3.78. The topological polar surface area (TPSA) is 26.3 Å². The highest BCUT2D eigenvalue weighted by Gasteiger charge is 2.06. The van der Waals surface area contributed by atoms with Gasteiger partial charge in [0.25, 0.3) is 0 Å². The van der Waals surface area contributed by atoms with E-state index in [2.05, 4.69) is 5.92 Å². The molecule has 0 unspecified atom stereocenters. The van der Waals surface area contributed by atoms with E-state index in [0.29, 0.717) is 5.56 Å². The Labute approximate surface area is 106 Å². The fourth-order valence-electron chi connectivity index (χ4n) is 1.51. The summed E-state index contributed by atoms with van der Waals surface area (Å²) < 4.78 is 5.20. The summed E-state index contributed by atoms with van der Waals surface area (Å²) in [5.74, 6) is 2.15. The first-order chi connectivity index (χ1) is 8.79. The molecule has 0 aromatic heterocycles. The van der Waals surface area contributed by atoms with Gasteiger partial charge in [-0.05, 0) is 29.8 Å². The Morgan fingerprint density at radius 3 is 2.33 bits per heavy atom. The van der Waals surface area contributed by atoms with Crippen LogP contribution in [0.2, 0.25) is 0 Å². The third kappa shape index (κ3) is 2.99. The van der Waals surface area contributed by atoms with E-state index in [9.17, 15) is 4.79 Å². The average Bonchev–Trinajstić information content (AvgIpc) is 2.46. The van der Waals surface area contributed by atoms with Crippen LogP contribution < -0.4 is 0 Å². The number of rotatable bonds is 3. The van der Waals surface area contributed by atoms with E-state index >= 15 is 0 Å². The van der Waals surface area contributed by atoms with Crippen LogP contribution in [0, 0.1) is 12.3 Å². The summed E-state index contributed by atoms with van der Waals surface area (Å²) in [6.07, 6.45) is 5.24. The van der Waals surface area contributed by atoms with E-state index in [1.807, 2.05) is 30.3 Å². The number of carbonyl (C=O) groups is 1. The van der Waals surface area contributed by atoms with Crippen LogP contribution in [0.15, 0.2) is 54.6 Å². The van der Waals surface area contributed by atoms with Crippen LogP contribution in [0.5, 0.6) is 0 Å². The van der Waals surface area contributed by atoms with Gasteiger partial charge in [0.2, 0.25) is 0 Å². The Morgan fingerprint density at radius 1 is 1.06 bits per heavy atom. The number of hydrogen-bond donors (Lipinski definition) is 0. The van der Waals surface area contributed by atoms with Crippen molar-refractivity contribution in [2.45, 2.75) is 6.61 Å². The van der Waals surface area contributed by atoms with Crippen LogP contribution in [0.4, 0.5) is 0 Å². The molecule has 0 atom stereocenters. The molecule has 0 aliphatic rings. The monoisotopic (exact) mass is 236 g/mol. The van der Waals surface area contributed by atoms with Gasteiger partial charge in [0.1, 0.15) is 6.61 Å². The minimum absolute atomic E-state index is 0.274. The number of terminal acetylenes is 1. The number of ether oxygens (including phenoxy) is 1. The molecule has 0 radical (unpaired) electrons. The Kier molecular flexibility index (Phi) is 3.78. The quantitative estimate of drug-likeness (QED) is 0.605. The molecule has 0 aliphatic heterocycles. The van der Waals surface area contributed by atoms with Gasteiger partial charge in [0, 0.05) is 5.56 Å². The van der Waals surface area contributed by atoms with Gasteiger partial charge in [-0.25, -0.2) is 4.79 Å². The van der Waals surface area contributed by atoms with Crippen LogP contribution in [0.25, 0.3) is 0 Å². The maximum Gasteiger partial charge on any atom is 0.338 e. The highest BCUT2D eigenvalue weighted by atomic mass is 16.5. The van der Waals surface area contributed by atoms with Crippen molar-refractivity contribution in [2.24, 2.45) is 0 Å². The summed E-state index contributed by atoms with van der Waals surface area (Å²) in [6.45, 7) is 0.274. The van der Waals surface area contributed by atoms with Crippen molar-refractivity contribution in [3.05, 3.63) is 71.3 Å². The van der Waals surface area contributed by atoms with Crippen molar-refractivity contribution < 1.29 is 9.53 Å². The van der Waals surface area contributed by atoms with Gasteiger partial charge in [0.05, 0.1) is 5.56 Å². The first kappa shape index (κ1) is 11.9. The zero-order valence-corrected chi connectivity index (χ0v) is 9.80. The van der Waals surface area contributed by atoms with Gasteiger partial charge in [-0.15, -0.1) is 6.42 Å². The molecule has 0 aliphatic carbocycles. The Balaban J connectivity index is 1.98. The van der Waals surface area contributed by atoms with E-state index < -0.39 is 0 Å². The van der Waals surface area contributed by atoms with E-state index in [1.165, 1.54) is 0 Å². The summed E-state index contributed by atoms with van der Waals surface area (Å²) in [7, 11) is 0. The van der Waals surface area contributed by atoms with Crippen molar-refractivity contribution in [2.75, 3.05) is 0 Å². The first-order valence-corrected chi connectivity index (χ1v) is 5.57. The van der Waals surface area contributed by atoms with E-state index in [1.54, 1.807) is 24.3 Å². The molecule has 0 amide bonds. The number of hydrogen-bond acceptors (Lipinski definition) is 2. The minimum Gasteiger partial charge on any atom is -0.457 e. The molecule has 0 fully saturated rings. The number of esters is 1. The lowest BCUT2D eigenvalue weighted by molar-refractivity contribution is 0.0472. The Morgan fingerprint density at radius 2 is 1.72 bits per heavy atom. The van der Waals surface area contributed by atoms with Gasteiger partial charge in [-0.1, -0.05) is 36.3 Å². The van der Waals surface area contributed by atoms with Crippen LogP contribution >= 0.6 is 0 Å². The minimum atomic E-state index is -0.345. The van der Waals surface area contributed by atoms with E-state index in [4.69, 9.17) is 11.2 Å². The Bertz CT molecular complexity index is 562. The van der Waals surface area contributed by atoms with Crippen LogP contribution in [0.1, 0.15) is 21.5 Å². The third-order valence-electron chi connectivity index (χ3n) is 2.50. The summed E-state index contributed by atoms with van der Waals surface area (Å²) in [5.41, 5.74) is 2.21. The van der Waals surface area contributed by atoms with Crippen molar-refractivity contribution in [3.8, 4) is 12.3 Å². The van der Waals surface area contributed by atoms with Gasteiger partial charge in [0.15, 0.2) is 0 Å². The van der Waals surface area contributed by atoms with Gasteiger partial charge < -0.3 is 4.74 Å². The molecule has 0 spiro atoms. The molecule has 0 saturated carbocycles. The predicted molar refractivity (Wildman–Crippen MR) is 69.9 cm³/mol. The summed E-state index contributed by atoms with van der Waals surface area (Å²) >= 11 is 0. The molecule has 18 heavy (non-hydrogen) atoms. The summed E-state index contributed by atoms with van der Waals surface area (Å²) in [5, 5.41) is 0. The summed E-state index contributed by atoms with van der Waals surface area (Å²) in [4.78, 5) is 11.7. The number of benzene rings is 2. The highest BCUT2D eigenvalue weighted by molar-refractivity contribution is 5.89. The lowest BCUT2D eigenvalue weighted by Gasteiger charge is -2.04. The maximum atomic E-state index is 11.7. The largest absolute Gasteiger partial charge is 0.457 e. The normalized spacial score (nSPS) is 9.50. The zero-order valence-electron chi connectivity index (χ0n) is 9.80. The van der Waals surface area contributed by atoms with Gasteiger partial charge in [-0.2, -0.15) is 0 Å². The van der Waals surface area contributed by atoms with Crippen LogP contribution in [0.3, 0.4) is 0 Å². The number of carbonyl (C=O) groups excluding carboxylic acids is 1. The van der Waals surface area contributed by atoms with Crippen molar-refractivity contribution >= 4 is 5.97 Å². The molecule has 2 rings (SSSR count). The molecule has 2 nitrogen and oxygen atoms in total. The molecule has 88 valence electrons. The zero-order chi connectivity index (χ0) is 12.8. The molecular formula is C16H12O2. The standard InChI is InChI=1S/C16H12O2/c1-2-13-8-10-15(11-9-13)16(17)18-12-14-6-4-3-5-7-14/h1,3-11H,12H2. The van der Waals surface area contributed by atoms with Crippen molar-refractivity contribution in [1.29, 1.82) is 0 Å². The maximum absolute atomic E-state index is 11.7. The van der Waals surface area contributed by atoms with Crippen molar-refractivity contribution in [1.82, 2.24) is 0 Å². The average molecular weight is 236 g/mol. The Hall–Kier alpha value is -2.53. The lowest BCUT2D eigenvalue weighted by Crippen LogP contribution is -2.05. The van der Waals surface area contributed by atoms with Gasteiger partial charge >= 0.3 is 5.97 Å². The molecule has 2 heteroatoms. The predicted octanol–water partition coefficient (Wildman–Crippen LogP) is 3.02. The molecule has 0 bridgehead atoms. The summed E-state index contributed by atoms with van der Waals surface area (Å²) in [6, 6.07) is 16.3. The molecule has 2 aromatic carbocycles. The van der Waals surface area contributed by atoms with Crippen molar-refractivity contribution in [3.63, 3.8) is 0 Å². The highest BCUT2D eigenvalue weighted by Crippen LogP contribution is 2.07. The molecule has 0 N–H and O–H groups in total. The smallest absolute Gasteiger partial charge is 0.338 e. The second kappa shape index (κ2) is 5.70. The van der Waals surface area contributed by atoms with Crippen LogP contribution in [-0.4, -0.2) is 5.97 Å². The SMILES string of the molecule is C#Cc1ccc(C(=O)OCc2ccccc2)cc1. The molecule has 0 saturated heterocycles. The fraction of sp³-hybridized carbons (Fsp3) is 0.0625. The molecule has 2 aromatic rings.